The zero-order valence-corrected chi connectivity index (χ0v) is 12.5. The van der Waals surface area contributed by atoms with Crippen molar-refractivity contribution >= 4 is 17.5 Å². The zero-order chi connectivity index (χ0) is 17.7. The molecule has 2 aromatic rings. The van der Waals surface area contributed by atoms with E-state index < -0.39 is 30.1 Å². The summed E-state index contributed by atoms with van der Waals surface area (Å²) in [5.74, 6) is -1.33. The normalized spacial score (nSPS) is 11.0. The summed E-state index contributed by atoms with van der Waals surface area (Å²) in [7, 11) is 1.34. The van der Waals surface area contributed by atoms with Gasteiger partial charge >= 0.3 is 6.18 Å². The van der Waals surface area contributed by atoms with Crippen LogP contribution in [0.2, 0.25) is 0 Å². The van der Waals surface area contributed by atoms with Crippen LogP contribution in [0.5, 0.6) is 0 Å². The molecule has 1 heterocycles. The van der Waals surface area contributed by atoms with E-state index in [1.165, 1.54) is 37.8 Å². The molecule has 9 heteroatoms. The van der Waals surface area contributed by atoms with Crippen LogP contribution in [-0.2, 0) is 11.0 Å². The van der Waals surface area contributed by atoms with Gasteiger partial charge in [-0.3, -0.25) is 14.6 Å². The van der Waals surface area contributed by atoms with Crippen LogP contribution in [0.1, 0.15) is 16.1 Å². The van der Waals surface area contributed by atoms with Crippen molar-refractivity contribution in [2.45, 2.75) is 6.18 Å². The van der Waals surface area contributed by atoms with Gasteiger partial charge in [-0.05, 0) is 12.1 Å². The van der Waals surface area contributed by atoms with E-state index in [0.717, 1.165) is 17.0 Å². The molecule has 24 heavy (non-hydrogen) atoms. The molecule has 1 aromatic carbocycles. The number of likely N-dealkylation sites (N-methyl/N-ethyl adjacent to an activating group) is 1. The number of alkyl halides is 3. The van der Waals surface area contributed by atoms with E-state index >= 15 is 0 Å². The molecule has 0 aliphatic rings. The lowest BCUT2D eigenvalue weighted by molar-refractivity contribution is -0.137. The second-order valence-corrected chi connectivity index (χ2v) is 4.84. The average Bonchev–Trinajstić information content (AvgIpc) is 2.54. The van der Waals surface area contributed by atoms with E-state index in [1.807, 2.05) is 0 Å². The maximum absolute atomic E-state index is 12.9. The summed E-state index contributed by atoms with van der Waals surface area (Å²) in [6.45, 7) is -0.429. The first kappa shape index (κ1) is 17.4. The molecule has 0 saturated heterocycles. The first-order chi connectivity index (χ1) is 11.3. The summed E-state index contributed by atoms with van der Waals surface area (Å²) in [5, 5.41) is 2.17. The second-order valence-electron chi connectivity index (χ2n) is 4.84. The number of halogens is 3. The standard InChI is InChI=1S/C15H13F3N4O2/c1-22(14(24)12-8-19-6-7-20-12)9-13(23)21-11-5-3-2-4-10(11)15(16,17)18/h2-8H,9H2,1H3,(H,21,23). The molecule has 2 rings (SSSR count). The number of carbonyl (C=O) groups is 2. The van der Waals surface area contributed by atoms with Gasteiger partial charge in [-0.1, -0.05) is 12.1 Å². The topological polar surface area (TPSA) is 75.2 Å². The Balaban J connectivity index is 2.05. The summed E-state index contributed by atoms with van der Waals surface area (Å²) >= 11 is 0. The number of hydrogen-bond donors (Lipinski definition) is 1. The van der Waals surface area contributed by atoms with E-state index in [1.54, 1.807) is 0 Å². The third-order valence-electron chi connectivity index (χ3n) is 3.02. The van der Waals surface area contributed by atoms with E-state index in [4.69, 9.17) is 0 Å². The highest BCUT2D eigenvalue weighted by atomic mass is 19.4. The van der Waals surface area contributed by atoms with Crippen LogP contribution < -0.4 is 5.32 Å². The highest BCUT2D eigenvalue weighted by molar-refractivity contribution is 5.98. The Labute approximate surface area is 135 Å². The molecular formula is C15H13F3N4O2. The smallest absolute Gasteiger partial charge is 0.331 e. The van der Waals surface area contributed by atoms with Gasteiger partial charge < -0.3 is 10.2 Å². The highest BCUT2D eigenvalue weighted by Crippen LogP contribution is 2.34. The maximum Gasteiger partial charge on any atom is 0.418 e. The minimum Gasteiger partial charge on any atom is -0.331 e. The molecule has 0 radical (unpaired) electrons. The lowest BCUT2D eigenvalue weighted by Gasteiger charge is -2.17. The molecule has 0 aliphatic carbocycles. The molecular weight excluding hydrogens is 325 g/mol. The molecule has 0 unspecified atom stereocenters. The van der Waals surface area contributed by atoms with Gasteiger partial charge in [-0.25, -0.2) is 4.98 Å². The molecule has 6 nitrogen and oxygen atoms in total. The minimum absolute atomic E-state index is 0.0310. The van der Waals surface area contributed by atoms with Crippen molar-refractivity contribution in [3.63, 3.8) is 0 Å². The number of aromatic nitrogens is 2. The van der Waals surface area contributed by atoms with Crippen molar-refractivity contribution in [1.82, 2.24) is 14.9 Å². The third kappa shape index (κ3) is 4.28. The van der Waals surface area contributed by atoms with Crippen molar-refractivity contribution in [3.05, 3.63) is 54.1 Å². The Morgan fingerprint density at radius 2 is 1.92 bits per heavy atom. The lowest BCUT2D eigenvalue weighted by Crippen LogP contribution is -2.35. The van der Waals surface area contributed by atoms with E-state index in [9.17, 15) is 22.8 Å². The number of nitrogens with zero attached hydrogens (tertiary/aromatic N) is 3. The van der Waals surface area contributed by atoms with Gasteiger partial charge in [-0.15, -0.1) is 0 Å². The fourth-order valence-corrected chi connectivity index (χ4v) is 1.92. The van der Waals surface area contributed by atoms with Crippen LogP contribution >= 0.6 is 0 Å². The van der Waals surface area contributed by atoms with Gasteiger partial charge in [0.2, 0.25) is 5.91 Å². The predicted molar refractivity (Wildman–Crippen MR) is 79.1 cm³/mol. The fourth-order valence-electron chi connectivity index (χ4n) is 1.92. The lowest BCUT2D eigenvalue weighted by atomic mass is 10.1. The number of amides is 2. The summed E-state index contributed by atoms with van der Waals surface area (Å²) in [5.41, 5.74) is -1.29. The minimum atomic E-state index is -4.59. The largest absolute Gasteiger partial charge is 0.418 e. The van der Waals surface area contributed by atoms with Crippen molar-refractivity contribution in [1.29, 1.82) is 0 Å². The molecule has 0 spiro atoms. The van der Waals surface area contributed by atoms with Gasteiger partial charge in [0.15, 0.2) is 0 Å². The first-order valence-electron chi connectivity index (χ1n) is 6.76. The van der Waals surface area contributed by atoms with Gasteiger partial charge in [0.05, 0.1) is 24.0 Å². The molecule has 2 amide bonds. The van der Waals surface area contributed by atoms with Crippen LogP contribution in [0.3, 0.4) is 0 Å². The molecule has 1 aromatic heterocycles. The quantitative estimate of drug-likeness (QED) is 0.927. The molecule has 0 aliphatic heterocycles. The Kier molecular flexibility index (Phi) is 5.12. The van der Waals surface area contributed by atoms with Gasteiger partial charge in [-0.2, -0.15) is 13.2 Å². The summed E-state index contributed by atoms with van der Waals surface area (Å²) in [4.78, 5) is 32.5. The van der Waals surface area contributed by atoms with Crippen molar-refractivity contribution < 1.29 is 22.8 Å². The number of nitrogens with one attached hydrogen (secondary N) is 1. The second kappa shape index (κ2) is 7.07. The molecule has 0 fully saturated rings. The molecule has 126 valence electrons. The van der Waals surface area contributed by atoms with Crippen LogP contribution in [0.15, 0.2) is 42.9 Å². The molecule has 0 bridgehead atoms. The number of para-hydroxylation sites is 1. The first-order valence-corrected chi connectivity index (χ1v) is 6.76. The number of hydrogen-bond acceptors (Lipinski definition) is 4. The molecule has 0 atom stereocenters. The molecule has 0 saturated carbocycles. The van der Waals surface area contributed by atoms with Gasteiger partial charge in [0.25, 0.3) is 5.91 Å². The number of anilines is 1. The Hall–Kier alpha value is -2.97. The summed E-state index contributed by atoms with van der Waals surface area (Å²) in [6, 6.07) is 4.61. The summed E-state index contributed by atoms with van der Waals surface area (Å²) < 4.78 is 38.6. The van der Waals surface area contributed by atoms with Crippen molar-refractivity contribution in [2.75, 3.05) is 18.9 Å². The Morgan fingerprint density at radius 3 is 2.54 bits per heavy atom. The van der Waals surface area contributed by atoms with Gasteiger partial charge in [0, 0.05) is 19.4 Å². The third-order valence-corrected chi connectivity index (χ3v) is 3.02. The maximum atomic E-state index is 12.9. The molecule has 1 N–H and O–H groups in total. The van der Waals surface area contributed by atoms with Gasteiger partial charge in [0.1, 0.15) is 5.69 Å². The Morgan fingerprint density at radius 1 is 1.21 bits per heavy atom. The van der Waals surface area contributed by atoms with Crippen LogP contribution in [0.25, 0.3) is 0 Å². The van der Waals surface area contributed by atoms with Crippen molar-refractivity contribution in [2.24, 2.45) is 0 Å². The average molecular weight is 338 g/mol. The van der Waals surface area contributed by atoms with Crippen LogP contribution in [0, 0.1) is 0 Å². The van der Waals surface area contributed by atoms with E-state index in [0.29, 0.717) is 0 Å². The summed E-state index contributed by atoms with van der Waals surface area (Å²) in [6.07, 6.45) is -0.654. The number of carbonyl (C=O) groups excluding carboxylic acids is 2. The Bertz CT molecular complexity index is 735. The van der Waals surface area contributed by atoms with Crippen LogP contribution in [0.4, 0.5) is 18.9 Å². The fraction of sp³-hybridized carbons (Fsp3) is 0.200. The predicted octanol–water partition coefficient (Wildman–Crippen LogP) is 2.21. The van der Waals surface area contributed by atoms with Crippen molar-refractivity contribution in [3.8, 4) is 0 Å². The van der Waals surface area contributed by atoms with E-state index in [2.05, 4.69) is 15.3 Å². The number of rotatable bonds is 4. The highest BCUT2D eigenvalue weighted by Gasteiger charge is 2.33. The van der Waals surface area contributed by atoms with Crippen LogP contribution in [-0.4, -0.2) is 40.3 Å². The number of benzene rings is 1. The monoisotopic (exact) mass is 338 g/mol. The van der Waals surface area contributed by atoms with E-state index in [-0.39, 0.29) is 11.4 Å². The zero-order valence-electron chi connectivity index (χ0n) is 12.5. The SMILES string of the molecule is CN(CC(=O)Nc1ccccc1C(F)(F)F)C(=O)c1cnccn1.